The second-order valence-electron chi connectivity index (χ2n) is 3.29. The molecule has 1 aliphatic rings. The SMILES string of the molecule is C[C@@H]1CCC[C@H](C)N1C(=O)Cl. The zero-order chi connectivity index (χ0) is 8.43. The lowest BCUT2D eigenvalue weighted by atomic mass is 9.99. The number of hydrogen-bond donors (Lipinski definition) is 0. The van der Waals surface area contributed by atoms with Crippen molar-refractivity contribution in [2.75, 3.05) is 0 Å². The van der Waals surface area contributed by atoms with Crippen LogP contribution in [-0.2, 0) is 0 Å². The van der Waals surface area contributed by atoms with Crippen LogP contribution in [0.1, 0.15) is 33.1 Å². The second kappa shape index (κ2) is 3.44. The van der Waals surface area contributed by atoms with Crippen LogP contribution in [-0.4, -0.2) is 22.3 Å². The van der Waals surface area contributed by atoms with Crippen molar-refractivity contribution >= 4 is 17.0 Å². The highest BCUT2D eigenvalue weighted by Gasteiger charge is 2.27. The summed E-state index contributed by atoms with van der Waals surface area (Å²) in [6, 6.07) is 0.646. The molecule has 0 radical (unpaired) electrons. The van der Waals surface area contributed by atoms with Gasteiger partial charge in [-0.05, 0) is 44.7 Å². The number of likely N-dealkylation sites (tertiary alicyclic amines) is 1. The molecule has 1 rings (SSSR count). The van der Waals surface area contributed by atoms with Crippen molar-refractivity contribution in [3.63, 3.8) is 0 Å². The minimum absolute atomic E-state index is 0.301. The summed E-state index contributed by atoms with van der Waals surface area (Å²) >= 11 is 5.43. The largest absolute Gasteiger partial charge is 0.324 e. The Morgan fingerprint density at radius 3 is 2.09 bits per heavy atom. The number of amides is 1. The Labute approximate surface area is 72.5 Å². The molecular weight excluding hydrogens is 162 g/mol. The van der Waals surface area contributed by atoms with Crippen molar-refractivity contribution in [2.45, 2.75) is 45.2 Å². The molecule has 1 heterocycles. The molecule has 64 valence electrons. The van der Waals surface area contributed by atoms with Gasteiger partial charge in [0.2, 0.25) is 0 Å². The Bertz CT molecular complexity index is 150. The van der Waals surface area contributed by atoms with Crippen LogP contribution < -0.4 is 0 Å². The van der Waals surface area contributed by atoms with Crippen molar-refractivity contribution in [1.82, 2.24) is 4.90 Å². The maximum absolute atomic E-state index is 10.9. The number of carbonyl (C=O) groups excluding carboxylic acids is 1. The van der Waals surface area contributed by atoms with E-state index >= 15 is 0 Å². The molecule has 1 saturated heterocycles. The van der Waals surface area contributed by atoms with Crippen molar-refractivity contribution < 1.29 is 4.79 Å². The fraction of sp³-hybridized carbons (Fsp3) is 0.875. The van der Waals surface area contributed by atoms with E-state index in [1.165, 1.54) is 6.42 Å². The topological polar surface area (TPSA) is 20.3 Å². The fourth-order valence-electron chi connectivity index (χ4n) is 1.77. The van der Waals surface area contributed by atoms with Crippen LogP contribution in [0.25, 0.3) is 0 Å². The highest BCUT2D eigenvalue weighted by atomic mass is 35.5. The summed E-state index contributed by atoms with van der Waals surface area (Å²) in [6.07, 6.45) is 3.38. The number of halogens is 1. The van der Waals surface area contributed by atoms with Crippen LogP contribution in [0.5, 0.6) is 0 Å². The first-order valence-electron chi connectivity index (χ1n) is 4.10. The number of carbonyl (C=O) groups is 1. The molecule has 1 amide bonds. The third kappa shape index (κ3) is 1.86. The van der Waals surface area contributed by atoms with Gasteiger partial charge in [-0.15, -0.1) is 0 Å². The number of piperidine rings is 1. The standard InChI is InChI=1S/C8H14ClNO/c1-6-4-3-5-7(2)10(6)8(9)11/h6-7H,3-5H2,1-2H3/t6-,7+. The van der Waals surface area contributed by atoms with Gasteiger partial charge in [0, 0.05) is 12.1 Å². The van der Waals surface area contributed by atoms with E-state index in [0.29, 0.717) is 12.1 Å². The second-order valence-corrected chi connectivity index (χ2v) is 3.61. The van der Waals surface area contributed by atoms with Crippen LogP contribution in [0.2, 0.25) is 0 Å². The fourth-order valence-corrected chi connectivity index (χ4v) is 2.10. The summed E-state index contributed by atoms with van der Waals surface area (Å²) in [5.74, 6) is 0. The summed E-state index contributed by atoms with van der Waals surface area (Å²) in [7, 11) is 0. The minimum atomic E-state index is -0.301. The van der Waals surface area contributed by atoms with E-state index in [0.717, 1.165) is 12.8 Å². The normalized spacial score (nSPS) is 32.1. The highest BCUT2D eigenvalue weighted by Crippen LogP contribution is 2.23. The molecular formula is C8H14ClNO. The lowest BCUT2D eigenvalue weighted by Gasteiger charge is -2.37. The summed E-state index contributed by atoms with van der Waals surface area (Å²) in [6.45, 7) is 4.10. The van der Waals surface area contributed by atoms with E-state index in [1.807, 2.05) is 0 Å². The van der Waals surface area contributed by atoms with Gasteiger partial charge in [-0.3, -0.25) is 4.79 Å². The zero-order valence-corrected chi connectivity index (χ0v) is 7.77. The van der Waals surface area contributed by atoms with E-state index in [-0.39, 0.29) is 5.37 Å². The average Bonchev–Trinajstić information content (AvgIpc) is 1.85. The monoisotopic (exact) mass is 175 g/mol. The molecule has 1 aliphatic heterocycles. The van der Waals surface area contributed by atoms with Gasteiger partial charge in [0.25, 0.3) is 0 Å². The first kappa shape index (κ1) is 8.85. The lowest BCUT2D eigenvalue weighted by Crippen LogP contribution is -2.45. The Morgan fingerprint density at radius 2 is 1.82 bits per heavy atom. The Hall–Kier alpha value is -0.240. The quantitative estimate of drug-likeness (QED) is 0.410. The van der Waals surface area contributed by atoms with Crippen LogP contribution >= 0.6 is 11.6 Å². The molecule has 0 aromatic carbocycles. The summed E-state index contributed by atoms with van der Waals surface area (Å²) in [5.41, 5.74) is 0. The maximum Gasteiger partial charge on any atom is 0.316 e. The van der Waals surface area contributed by atoms with E-state index in [9.17, 15) is 4.79 Å². The molecule has 0 aromatic heterocycles. The van der Waals surface area contributed by atoms with Crippen LogP contribution in [0.15, 0.2) is 0 Å². The Kier molecular flexibility index (Phi) is 2.77. The van der Waals surface area contributed by atoms with Crippen LogP contribution in [0.3, 0.4) is 0 Å². The first-order valence-corrected chi connectivity index (χ1v) is 4.48. The molecule has 0 aliphatic carbocycles. The number of hydrogen-bond acceptors (Lipinski definition) is 1. The van der Waals surface area contributed by atoms with Crippen LogP contribution in [0, 0.1) is 0 Å². The lowest BCUT2D eigenvalue weighted by molar-refractivity contribution is 0.141. The van der Waals surface area contributed by atoms with Gasteiger partial charge in [0.05, 0.1) is 0 Å². The Morgan fingerprint density at radius 1 is 1.36 bits per heavy atom. The van der Waals surface area contributed by atoms with Gasteiger partial charge < -0.3 is 4.90 Å². The smallest absolute Gasteiger partial charge is 0.316 e. The maximum atomic E-state index is 10.9. The molecule has 0 N–H and O–H groups in total. The molecule has 3 heteroatoms. The number of rotatable bonds is 0. The summed E-state index contributed by atoms with van der Waals surface area (Å²) in [5, 5.41) is -0.301. The number of nitrogens with zero attached hydrogens (tertiary/aromatic N) is 1. The molecule has 1 fully saturated rings. The summed E-state index contributed by atoms with van der Waals surface area (Å²) < 4.78 is 0. The highest BCUT2D eigenvalue weighted by molar-refractivity contribution is 6.62. The van der Waals surface area contributed by atoms with Crippen molar-refractivity contribution in [3.8, 4) is 0 Å². The van der Waals surface area contributed by atoms with Crippen LogP contribution in [0.4, 0.5) is 4.79 Å². The molecule has 0 unspecified atom stereocenters. The molecule has 0 spiro atoms. The van der Waals surface area contributed by atoms with Crippen molar-refractivity contribution in [2.24, 2.45) is 0 Å². The van der Waals surface area contributed by atoms with E-state index in [1.54, 1.807) is 4.90 Å². The summed E-state index contributed by atoms with van der Waals surface area (Å²) in [4.78, 5) is 12.7. The van der Waals surface area contributed by atoms with Gasteiger partial charge >= 0.3 is 5.37 Å². The molecule has 2 nitrogen and oxygen atoms in total. The molecule has 0 aromatic rings. The van der Waals surface area contributed by atoms with Gasteiger partial charge in [0.15, 0.2) is 0 Å². The zero-order valence-electron chi connectivity index (χ0n) is 7.01. The third-order valence-electron chi connectivity index (χ3n) is 2.40. The van der Waals surface area contributed by atoms with Gasteiger partial charge in [-0.1, -0.05) is 0 Å². The third-order valence-corrected chi connectivity index (χ3v) is 2.59. The van der Waals surface area contributed by atoms with Gasteiger partial charge in [-0.2, -0.15) is 0 Å². The van der Waals surface area contributed by atoms with Crippen molar-refractivity contribution in [1.29, 1.82) is 0 Å². The predicted octanol–water partition coefficient (Wildman–Crippen LogP) is 2.61. The molecule has 0 bridgehead atoms. The van der Waals surface area contributed by atoms with E-state index in [4.69, 9.17) is 11.6 Å². The van der Waals surface area contributed by atoms with Crippen molar-refractivity contribution in [3.05, 3.63) is 0 Å². The predicted molar refractivity (Wildman–Crippen MR) is 45.9 cm³/mol. The Balaban J connectivity index is 2.62. The average molecular weight is 176 g/mol. The first-order chi connectivity index (χ1) is 5.13. The van der Waals surface area contributed by atoms with Gasteiger partial charge in [0.1, 0.15) is 0 Å². The van der Waals surface area contributed by atoms with Gasteiger partial charge in [-0.25, -0.2) is 0 Å². The van der Waals surface area contributed by atoms with E-state index < -0.39 is 0 Å². The molecule has 0 saturated carbocycles. The molecule has 11 heavy (non-hydrogen) atoms. The molecule has 2 atom stereocenters. The van der Waals surface area contributed by atoms with E-state index in [2.05, 4.69) is 13.8 Å². The minimum Gasteiger partial charge on any atom is -0.324 e.